The Morgan fingerprint density at radius 2 is 1.41 bits per heavy atom. The molecule has 0 unspecified atom stereocenters. The highest BCUT2D eigenvalue weighted by Crippen LogP contribution is 2.35. The highest BCUT2D eigenvalue weighted by atomic mass is 32.2. The fourth-order valence-electron chi connectivity index (χ4n) is 3.19. The van der Waals surface area contributed by atoms with Crippen molar-refractivity contribution >= 4 is 35.6 Å². The van der Waals surface area contributed by atoms with Gasteiger partial charge in [-0.05, 0) is 18.2 Å². The first kappa shape index (κ1) is 28.0. The molecule has 1 aliphatic rings. The molecular formula is C22H34O9S. The van der Waals surface area contributed by atoms with Gasteiger partial charge >= 0.3 is 23.9 Å². The van der Waals surface area contributed by atoms with Gasteiger partial charge in [0.15, 0.2) is 18.3 Å². The Labute approximate surface area is 193 Å². The largest absolute Gasteiger partial charge is 0.463 e. The van der Waals surface area contributed by atoms with Crippen LogP contribution in [0, 0.1) is 0 Å². The fraction of sp³-hybridized carbons (Fsp3) is 0.727. The number of carbonyl (C=O) groups excluding carboxylic acids is 4. The zero-order chi connectivity index (χ0) is 24.1. The Balaban J connectivity index is 3.10. The van der Waals surface area contributed by atoms with Gasteiger partial charge in [0.25, 0.3) is 0 Å². The molecule has 10 heteroatoms. The van der Waals surface area contributed by atoms with Gasteiger partial charge in [-0.3, -0.25) is 19.2 Å². The van der Waals surface area contributed by atoms with Crippen molar-refractivity contribution in [2.45, 2.75) is 96.6 Å². The lowest BCUT2D eigenvalue weighted by molar-refractivity contribution is -0.237. The van der Waals surface area contributed by atoms with Gasteiger partial charge in [-0.1, -0.05) is 44.0 Å². The zero-order valence-electron chi connectivity index (χ0n) is 19.4. The summed E-state index contributed by atoms with van der Waals surface area (Å²) in [6.45, 7) is 6.78. The first-order valence-corrected chi connectivity index (χ1v) is 11.7. The van der Waals surface area contributed by atoms with E-state index in [-0.39, 0.29) is 6.61 Å². The first-order chi connectivity index (χ1) is 15.1. The zero-order valence-corrected chi connectivity index (χ0v) is 20.2. The molecule has 9 nitrogen and oxygen atoms in total. The normalized spacial score (nSPS) is 25.2. The fourth-order valence-corrected chi connectivity index (χ4v) is 4.16. The van der Waals surface area contributed by atoms with Crippen LogP contribution in [0.4, 0.5) is 0 Å². The van der Waals surface area contributed by atoms with Gasteiger partial charge in [0.05, 0.1) is 0 Å². The molecule has 0 radical (unpaired) electrons. The van der Waals surface area contributed by atoms with Crippen molar-refractivity contribution in [2.75, 3.05) is 6.61 Å². The highest BCUT2D eigenvalue weighted by molar-refractivity contribution is 8.02. The molecule has 0 spiro atoms. The summed E-state index contributed by atoms with van der Waals surface area (Å²) in [5.74, 6) is -2.45. The molecule has 32 heavy (non-hydrogen) atoms. The third-order valence-corrected chi connectivity index (χ3v) is 5.48. The van der Waals surface area contributed by atoms with Crippen LogP contribution in [0.2, 0.25) is 0 Å². The van der Waals surface area contributed by atoms with Crippen LogP contribution >= 0.6 is 11.8 Å². The average molecular weight is 475 g/mol. The highest BCUT2D eigenvalue weighted by Gasteiger charge is 2.52. The SMILES string of the molecule is CCCCCC/C=C/S[C@@H]1O[C@H](COC(C)=O)[C@H](OC(C)=O)[C@H](OC(C)=O)[C@H]1OC(C)=O. The van der Waals surface area contributed by atoms with E-state index in [4.69, 9.17) is 23.7 Å². The maximum absolute atomic E-state index is 11.8. The Morgan fingerprint density at radius 3 is 1.97 bits per heavy atom. The minimum absolute atomic E-state index is 0.227. The van der Waals surface area contributed by atoms with Crippen molar-refractivity contribution in [3.05, 3.63) is 11.5 Å². The van der Waals surface area contributed by atoms with E-state index in [0.717, 1.165) is 25.7 Å². The molecule has 0 aromatic rings. The summed E-state index contributed by atoms with van der Waals surface area (Å²) in [5, 5.41) is 1.84. The third kappa shape index (κ3) is 10.5. The number of thioether (sulfide) groups is 1. The minimum atomic E-state index is -1.13. The second kappa shape index (κ2) is 14.9. The van der Waals surface area contributed by atoms with Crippen LogP contribution in [-0.4, -0.2) is 60.3 Å². The van der Waals surface area contributed by atoms with Crippen LogP contribution in [-0.2, 0) is 42.9 Å². The van der Waals surface area contributed by atoms with Crippen LogP contribution in [0.25, 0.3) is 0 Å². The summed E-state index contributed by atoms with van der Waals surface area (Å²) in [6.07, 6.45) is 3.20. The predicted molar refractivity (Wildman–Crippen MR) is 117 cm³/mol. The van der Waals surface area contributed by atoms with E-state index in [0.29, 0.717) is 0 Å². The van der Waals surface area contributed by atoms with E-state index < -0.39 is 53.7 Å². The molecule has 1 fully saturated rings. The van der Waals surface area contributed by atoms with Gasteiger partial charge in [0.2, 0.25) is 0 Å². The molecule has 1 rings (SSSR count). The Kier molecular flexibility index (Phi) is 13.0. The smallest absolute Gasteiger partial charge is 0.303 e. The third-order valence-electron chi connectivity index (χ3n) is 4.48. The van der Waals surface area contributed by atoms with E-state index >= 15 is 0 Å². The standard InChI is InChI=1S/C22H34O9S/c1-6-7-8-9-10-11-12-32-22-21(30-17(5)26)20(29-16(4)25)19(28-15(3)24)18(31-22)13-27-14(2)23/h11-12,18-22H,6-10,13H2,1-5H3/b12-11+/t18-,19+,20+,21-,22+/m1/s1. The van der Waals surface area contributed by atoms with Gasteiger partial charge in [0.1, 0.15) is 18.1 Å². The molecule has 0 bridgehead atoms. The number of rotatable bonds is 12. The van der Waals surface area contributed by atoms with Crippen LogP contribution in [0.15, 0.2) is 11.5 Å². The quantitative estimate of drug-likeness (QED) is 0.237. The minimum Gasteiger partial charge on any atom is -0.463 e. The van der Waals surface area contributed by atoms with E-state index in [2.05, 4.69) is 6.92 Å². The van der Waals surface area contributed by atoms with E-state index in [1.807, 2.05) is 11.5 Å². The van der Waals surface area contributed by atoms with Crippen LogP contribution in [0.3, 0.4) is 0 Å². The molecule has 0 amide bonds. The summed E-state index contributed by atoms with van der Waals surface area (Å²) >= 11 is 1.25. The number of unbranched alkanes of at least 4 members (excludes halogenated alkanes) is 4. The number of hydrogen-bond acceptors (Lipinski definition) is 10. The Morgan fingerprint density at radius 1 is 0.812 bits per heavy atom. The first-order valence-electron chi connectivity index (χ1n) is 10.8. The molecule has 182 valence electrons. The lowest BCUT2D eigenvalue weighted by Gasteiger charge is -2.43. The second-order valence-electron chi connectivity index (χ2n) is 7.42. The summed E-state index contributed by atoms with van der Waals surface area (Å²) in [4.78, 5) is 46.6. The molecule has 1 heterocycles. The second-order valence-corrected chi connectivity index (χ2v) is 8.43. The summed E-state index contributed by atoms with van der Waals surface area (Å²) in [7, 11) is 0. The molecule has 1 saturated heterocycles. The summed E-state index contributed by atoms with van der Waals surface area (Å²) in [5.41, 5.74) is -0.775. The number of esters is 4. The molecule has 1 aliphatic heterocycles. The van der Waals surface area contributed by atoms with Crippen molar-refractivity contribution in [3.63, 3.8) is 0 Å². The number of carbonyl (C=O) groups is 4. The molecule has 0 N–H and O–H groups in total. The monoisotopic (exact) mass is 474 g/mol. The van der Waals surface area contributed by atoms with Crippen molar-refractivity contribution in [3.8, 4) is 0 Å². The van der Waals surface area contributed by atoms with Crippen LogP contribution in [0.1, 0.15) is 66.7 Å². The predicted octanol–water partition coefficient (Wildman–Crippen LogP) is 3.29. The number of allylic oxidation sites excluding steroid dienone is 1. The van der Waals surface area contributed by atoms with Crippen molar-refractivity contribution in [1.82, 2.24) is 0 Å². The average Bonchev–Trinajstić information content (AvgIpc) is 2.68. The molecule has 0 aromatic heterocycles. The lowest BCUT2D eigenvalue weighted by Crippen LogP contribution is -2.61. The molecule has 0 aromatic carbocycles. The lowest BCUT2D eigenvalue weighted by atomic mass is 9.99. The maximum atomic E-state index is 11.8. The van der Waals surface area contributed by atoms with Crippen LogP contribution in [0.5, 0.6) is 0 Å². The Bertz CT molecular complexity index is 664. The van der Waals surface area contributed by atoms with Crippen molar-refractivity contribution < 1.29 is 42.9 Å². The van der Waals surface area contributed by atoms with Crippen LogP contribution < -0.4 is 0 Å². The Hall–Kier alpha value is -2.07. The van der Waals surface area contributed by atoms with Gasteiger partial charge in [-0.15, -0.1) is 0 Å². The van der Waals surface area contributed by atoms with Gasteiger partial charge in [-0.25, -0.2) is 0 Å². The van der Waals surface area contributed by atoms with Crippen molar-refractivity contribution in [1.29, 1.82) is 0 Å². The maximum Gasteiger partial charge on any atom is 0.303 e. The van der Waals surface area contributed by atoms with E-state index in [1.54, 1.807) is 0 Å². The van der Waals surface area contributed by atoms with E-state index in [1.165, 1.54) is 45.9 Å². The number of hydrogen-bond donors (Lipinski definition) is 0. The van der Waals surface area contributed by atoms with Gasteiger partial charge < -0.3 is 23.7 Å². The van der Waals surface area contributed by atoms with Gasteiger partial charge in [0, 0.05) is 27.7 Å². The molecular weight excluding hydrogens is 440 g/mol. The molecule has 5 atom stereocenters. The molecule has 0 saturated carbocycles. The summed E-state index contributed by atoms with van der Waals surface area (Å²) < 4.78 is 27.2. The molecule has 0 aliphatic carbocycles. The number of ether oxygens (including phenoxy) is 5. The summed E-state index contributed by atoms with van der Waals surface area (Å²) in [6, 6.07) is 0. The van der Waals surface area contributed by atoms with Gasteiger partial charge in [-0.2, -0.15) is 0 Å². The van der Waals surface area contributed by atoms with E-state index in [9.17, 15) is 19.2 Å². The topological polar surface area (TPSA) is 114 Å². The van der Waals surface area contributed by atoms with Crippen molar-refractivity contribution in [2.24, 2.45) is 0 Å².